The Morgan fingerprint density at radius 2 is 2.18 bits per heavy atom. The Hall–Kier alpha value is -2.29. The van der Waals surface area contributed by atoms with Gasteiger partial charge in [-0.25, -0.2) is 4.39 Å². The number of ketones is 1. The van der Waals surface area contributed by atoms with Gasteiger partial charge in [-0.15, -0.1) is 0 Å². The third kappa shape index (κ3) is 3.14. The third-order valence-electron chi connectivity index (χ3n) is 3.83. The van der Waals surface area contributed by atoms with Crippen molar-refractivity contribution in [1.82, 2.24) is 9.88 Å². The van der Waals surface area contributed by atoms with Crippen molar-refractivity contribution in [3.8, 4) is 6.07 Å². The second-order valence-electron chi connectivity index (χ2n) is 5.75. The Bertz CT molecular complexity index is 607. The van der Waals surface area contributed by atoms with E-state index in [0.29, 0.717) is 13.0 Å². The van der Waals surface area contributed by atoms with Crippen molar-refractivity contribution in [2.45, 2.75) is 38.6 Å². The molecule has 22 heavy (non-hydrogen) atoms. The summed E-state index contributed by atoms with van der Waals surface area (Å²) in [5, 5.41) is 9.35. The molecule has 0 spiro atoms. The van der Waals surface area contributed by atoms with Crippen molar-refractivity contribution in [1.29, 1.82) is 5.26 Å². The minimum Gasteiger partial charge on any atom is -0.332 e. The molecule has 0 aliphatic carbocycles. The molecule has 1 saturated heterocycles. The van der Waals surface area contributed by atoms with Crippen LogP contribution >= 0.6 is 0 Å². The molecular weight excluding hydrogens is 285 g/mol. The molecule has 1 aliphatic heterocycles. The average molecular weight is 303 g/mol. The van der Waals surface area contributed by atoms with Crippen molar-refractivity contribution >= 4 is 11.7 Å². The molecule has 6 heteroatoms. The van der Waals surface area contributed by atoms with Crippen LogP contribution < -0.4 is 0 Å². The number of hydrogen-bond acceptors (Lipinski definition) is 4. The first-order valence-electron chi connectivity index (χ1n) is 7.30. The number of Topliss-reactive ketones (excluding diaryl/α,β-unsaturated/α-hetero) is 1. The van der Waals surface area contributed by atoms with Crippen molar-refractivity contribution in [2.24, 2.45) is 5.92 Å². The zero-order chi connectivity index (χ0) is 16.3. The number of aromatic nitrogens is 1. The van der Waals surface area contributed by atoms with Gasteiger partial charge in [-0.1, -0.05) is 13.8 Å². The zero-order valence-corrected chi connectivity index (χ0v) is 12.6. The second-order valence-corrected chi connectivity index (χ2v) is 5.75. The van der Waals surface area contributed by atoms with Crippen LogP contribution in [0.1, 0.15) is 38.3 Å². The first-order chi connectivity index (χ1) is 10.5. The minimum absolute atomic E-state index is 0.0594. The van der Waals surface area contributed by atoms with Crippen LogP contribution in [0.15, 0.2) is 18.3 Å². The van der Waals surface area contributed by atoms with Crippen LogP contribution in [0.2, 0.25) is 0 Å². The van der Waals surface area contributed by atoms with Crippen molar-refractivity contribution < 1.29 is 14.0 Å². The van der Waals surface area contributed by atoms with Crippen LogP contribution in [0.4, 0.5) is 4.39 Å². The highest BCUT2D eigenvalue weighted by Gasteiger charge is 2.39. The van der Waals surface area contributed by atoms with Crippen LogP contribution in [-0.2, 0) is 9.59 Å². The molecule has 0 N–H and O–H groups in total. The van der Waals surface area contributed by atoms with Gasteiger partial charge in [-0.3, -0.25) is 14.6 Å². The summed E-state index contributed by atoms with van der Waals surface area (Å²) in [6.45, 7) is 4.23. The Labute approximate surface area is 128 Å². The van der Waals surface area contributed by atoms with E-state index in [-0.39, 0.29) is 23.3 Å². The summed E-state index contributed by atoms with van der Waals surface area (Å²) >= 11 is 0. The van der Waals surface area contributed by atoms with Gasteiger partial charge in [0, 0.05) is 13.0 Å². The summed E-state index contributed by atoms with van der Waals surface area (Å²) in [5.41, 5.74) is 0.214. The van der Waals surface area contributed by atoms with Gasteiger partial charge in [0.15, 0.2) is 5.78 Å². The first-order valence-corrected chi connectivity index (χ1v) is 7.30. The van der Waals surface area contributed by atoms with E-state index < -0.39 is 17.8 Å². The van der Waals surface area contributed by atoms with Gasteiger partial charge in [-0.2, -0.15) is 5.26 Å². The van der Waals surface area contributed by atoms with Gasteiger partial charge < -0.3 is 4.90 Å². The van der Waals surface area contributed by atoms with Gasteiger partial charge in [0.1, 0.15) is 11.7 Å². The zero-order valence-electron chi connectivity index (χ0n) is 12.6. The Balaban J connectivity index is 2.30. The van der Waals surface area contributed by atoms with Gasteiger partial charge in [0.05, 0.1) is 24.0 Å². The number of nitriles is 1. The highest BCUT2D eigenvalue weighted by Crippen LogP contribution is 2.25. The third-order valence-corrected chi connectivity index (χ3v) is 3.83. The Morgan fingerprint density at radius 3 is 2.64 bits per heavy atom. The van der Waals surface area contributed by atoms with Crippen LogP contribution in [0.25, 0.3) is 0 Å². The quantitative estimate of drug-likeness (QED) is 0.834. The largest absolute Gasteiger partial charge is 0.332 e. The molecule has 0 saturated carbocycles. The standard InChI is InChI=1S/C16H18FN3O2/c1-10(2)15(20-7-3-4-14(20)21)16(22)12(8-18)13-6-5-11(17)9-19-13/h5-6,9-10,12,15H,3-4,7H2,1-2H3/t12-,15-/m1/s1. The molecule has 2 rings (SSSR count). The maximum atomic E-state index is 13.0. The fourth-order valence-corrected chi connectivity index (χ4v) is 2.81. The molecule has 1 fully saturated rings. The minimum atomic E-state index is -1.10. The van der Waals surface area contributed by atoms with Gasteiger partial charge >= 0.3 is 0 Å². The summed E-state index contributed by atoms with van der Waals surface area (Å²) in [7, 11) is 0. The Morgan fingerprint density at radius 1 is 1.45 bits per heavy atom. The first kappa shape index (κ1) is 16.1. The lowest BCUT2D eigenvalue weighted by molar-refractivity contribution is -0.138. The molecular formula is C16H18FN3O2. The van der Waals surface area contributed by atoms with Crippen LogP contribution in [0.3, 0.4) is 0 Å². The van der Waals surface area contributed by atoms with E-state index in [1.54, 1.807) is 4.90 Å². The number of amides is 1. The van der Waals surface area contributed by atoms with E-state index >= 15 is 0 Å². The highest BCUT2D eigenvalue weighted by molar-refractivity contribution is 5.95. The molecule has 2 heterocycles. The summed E-state index contributed by atoms with van der Waals surface area (Å²) in [5.74, 6) is -2.14. The molecule has 1 aliphatic rings. The number of pyridine rings is 1. The number of carbonyl (C=O) groups is 2. The molecule has 0 aromatic carbocycles. The molecule has 1 aromatic heterocycles. The number of hydrogen-bond donors (Lipinski definition) is 0. The van der Waals surface area contributed by atoms with Crippen molar-refractivity contribution in [2.75, 3.05) is 6.54 Å². The molecule has 0 bridgehead atoms. The maximum Gasteiger partial charge on any atom is 0.223 e. The summed E-state index contributed by atoms with van der Waals surface area (Å²) in [6.07, 6.45) is 2.14. The fourth-order valence-electron chi connectivity index (χ4n) is 2.81. The van der Waals surface area contributed by atoms with Crippen molar-refractivity contribution in [3.63, 3.8) is 0 Å². The van der Waals surface area contributed by atoms with E-state index in [2.05, 4.69) is 4.98 Å². The Kier molecular flexibility index (Phi) is 4.86. The van der Waals surface area contributed by atoms with Gasteiger partial charge in [0.25, 0.3) is 0 Å². The topological polar surface area (TPSA) is 74.1 Å². The molecule has 2 atom stereocenters. The van der Waals surface area contributed by atoms with E-state index in [0.717, 1.165) is 12.6 Å². The lowest BCUT2D eigenvalue weighted by Gasteiger charge is -2.31. The lowest BCUT2D eigenvalue weighted by atomic mass is 9.88. The predicted octanol–water partition coefficient (Wildman–Crippen LogP) is 2.04. The summed E-state index contributed by atoms with van der Waals surface area (Å²) in [4.78, 5) is 30.1. The molecule has 1 amide bonds. The molecule has 116 valence electrons. The normalized spacial score (nSPS) is 17.4. The second kappa shape index (κ2) is 6.65. The average Bonchev–Trinajstić information content (AvgIpc) is 2.88. The number of likely N-dealkylation sites (tertiary alicyclic amines) is 1. The van der Waals surface area contributed by atoms with E-state index in [4.69, 9.17) is 0 Å². The van der Waals surface area contributed by atoms with Crippen LogP contribution in [0, 0.1) is 23.1 Å². The maximum absolute atomic E-state index is 13.0. The summed E-state index contributed by atoms with van der Waals surface area (Å²) in [6, 6.07) is 3.80. The summed E-state index contributed by atoms with van der Waals surface area (Å²) < 4.78 is 13.0. The highest BCUT2D eigenvalue weighted by atomic mass is 19.1. The number of nitrogens with zero attached hydrogens (tertiary/aromatic N) is 3. The molecule has 0 radical (unpaired) electrons. The number of carbonyl (C=O) groups excluding carboxylic acids is 2. The fraction of sp³-hybridized carbons (Fsp3) is 0.500. The molecule has 1 aromatic rings. The molecule has 0 unspecified atom stereocenters. The van der Waals surface area contributed by atoms with Crippen LogP contribution in [-0.4, -0.2) is 34.2 Å². The van der Waals surface area contributed by atoms with Gasteiger partial charge in [-0.05, 0) is 24.5 Å². The van der Waals surface area contributed by atoms with E-state index in [9.17, 15) is 19.2 Å². The number of rotatable bonds is 5. The van der Waals surface area contributed by atoms with Gasteiger partial charge in [0.2, 0.25) is 5.91 Å². The van der Waals surface area contributed by atoms with Crippen molar-refractivity contribution in [3.05, 3.63) is 29.8 Å². The van der Waals surface area contributed by atoms with E-state index in [1.807, 2.05) is 19.9 Å². The van der Waals surface area contributed by atoms with E-state index in [1.165, 1.54) is 12.1 Å². The molecule has 5 nitrogen and oxygen atoms in total. The predicted molar refractivity (Wildman–Crippen MR) is 77.1 cm³/mol. The number of halogens is 1. The van der Waals surface area contributed by atoms with Crippen LogP contribution in [0.5, 0.6) is 0 Å². The monoisotopic (exact) mass is 303 g/mol. The SMILES string of the molecule is CC(C)[C@H](C(=O)[C@H](C#N)c1ccc(F)cn1)N1CCCC1=O. The smallest absolute Gasteiger partial charge is 0.223 e. The lowest BCUT2D eigenvalue weighted by Crippen LogP contribution is -2.47.